The molecule has 0 saturated heterocycles. The third-order valence-electron chi connectivity index (χ3n) is 2.57. The lowest BCUT2D eigenvalue weighted by Gasteiger charge is -2.20. The summed E-state index contributed by atoms with van der Waals surface area (Å²) in [6.07, 6.45) is 0. The molecule has 0 fully saturated rings. The van der Waals surface area contributed by atoms with Crippen LogP contribution in [0.15, 0.2) is 0 Å². The molecule has 0 aliphatic rings. The number of ether oxygens (including phenoxy) is 1. The minimum absolute atomic E-state index is 0.260. The Balaban J connectivity index is 4.24. The lowest BCUT2D eigenvalue weighted by atomic mass is 10.1. The molecule has 3 amide bonds. The predicted molar refractivity (Wildman–Crippen MR) is 72.3 cm³/mol. The summed E-state index contributed by atoms with van der Waals surface area (Å²) in [5, 5.41) is 16.2. The van der Waals surface area contributed by atoms with Gasteiger partial charge in [0.1, 0.15) is 12.1 Å². The summed E-state index contributed by atoms with van der Waals surface area (Å²) in [6.45, 7) is 5.58. The fourth-order valence-corrected chi connectivity index (χ4v) is 1.39. The van der Waals surface area contributed by atoms with E-state index in [9.17, 15) is 14.4 Å². The molecule has 0 spiro atoms. The van der Waals surface area contributed by atoms with Crippen molar-refractivity contribution in [2.75, 3.05) is 20.3 Å². The van der Waals surface area contributed by atoms with E-state index in [-0.39, 0.29) is 11.8 Å². The Kier molecular flexibility index (Phi) is 8.30. The van der Waals surface area contributed by atoms with E-state index in [4.69, 9.17) is 9.84 Å². The number of carbonyl (C=O) groups is 3. The number of methoxy groups -OCH3 is 1. The smallest absolute Gasteiger partial charge is 0.326 e. The standard InChI is InChI=1S/C12H23N3O5/c1-7(2)9(11(17)18)15-12(19)14-8(3)10(16)13-5-6-20-4/h7-9H,5-6H2,1-4H3,(H,13,16)(H,17,18)(H2,14,15,19). The second kappa shape index (κ2) is 9.13. The molecule has 0 saturated carbocycles. The van der Waals surface area contributed by atoms with Crippen LogP contribution in [0.5, 0.6) is 0 Å². The highest BCUT2D eigenvalue weighted by Gasteiger charge is 2.24. The molecular formula is C12H23N3O5. The SMILES string of the molecule is COCCNC(=O)C(C)NC(=O)NC(C(=O)O)C(C)C. The van der Waals surface area contributed by atoms with E-state index >= 15 is 0 Å². The highest BCUT2D eigenvalue weighted by atomic mass is 16.5. The van der Waals surface area contributed by atoms with Crippen molar-refractivity contribution in [2.45, 2.75) is 32.9 Å². The Morgan fingerprint density at radius 1 is 1.15 bits per heavy atom. The molecule has 0 aliphatic heterocycles. The molecule has 0 aromatic rings. The van der Waals surface area contributed by atoms with Crippen LogP contribution in [0.1, 0.15) is 20.8 Å². The Morgan fingerprint density at radius 2 is 1.75 bits per heavy atom. The van der Waals surface area contributed by atoms with Gasteiger partial charge in [-0.1, -0.05) is 13.8 Å². The van der Waals surface area contributed by atoms with Gasteiger partial charge >= 0.3 is 12.0 Å². The third-order valence-corrected chi connectivity index (χ3v) is 2.57. The van der Waals surface area contributed by atoms with Gasteiger partial charge in [-0.2, -0.15) is 0 Å². The Morgan fingerprint density at radius 3 is 2.20 bits per heavy atom. The van der Waals surface area contributed by atoms with E-state index in [1.165, 1.54) is 14.0 Å². The molecule has 0 heterocycles. The first-order valence-corrected chi connectivity index (χ1v) is 6.36. The van der Waals surface area contributed by atoms with Crippen LogP contribution in [-0.4, -0.2) is 55.4 Å². The highest BCUT2D eigenvalue weighted by molar-refractivity contribution is 5.88. The number of urea groups is 1. The van der Waals surface area contributed by atoms with Crippen LogP contribution in [0.2, 0.25) is 0 Å². The van der Waals surface area contributed by atoms with Gasteiger partial charge in [0.15, 0.2) is 0 Å². The van der Waals surface area contributed by atoms with Gasteiger partial charge in [-0.3, -0.25) is 4.79 Å². The highest BCUT2D eigenvalue weighted by Crippen LogP contribution is 2.01. The van der Waals surface area contributed by atoms with Gasteiger partial charge in [0, 0.05) is 13.7 Å². The lowest BCUT2D eigenvalue weighted by Crippen LogP contribution is -2.53. The number of hydrogen-bond donors (Lipinski definition) is 4. The van der Waals surface area contributed by atoms with E-state index in [2.05, 4.69) is 16.0 Å². The Hall–Kier alpha value is -1.83. The zero-order valence-corrected chi connectivity index (χ0v) is 12.2. The number of amides is 3. The third kappa shape index (κ3) is 6.93. The van der Waals surface area contributed by atoms with E-state index in [1.54, 1.807) is 13.8 Å². The molecular weight excluding hydrogens is 266 g/mol. The zero-order chi connectivity index (χ0) is 15.7. The van der Waals surface area contributed by atoms with Gasteiger partial charge in [-0.15, -0.1) is 0 Å². The summed E-state index contributed by atoms with van der Waals surface area (Å²) >= 11 is 0. The van der Waals surface area contributed by atoms with Crippen molar-refractivity contribution in [2.24, 2.45) is 5.92 Å². The van der Waals surface area contributed by atoms with Gasteiger partial charge in [0.05, 0.1) is 6.61 Å². The quantitative estimate of drug-likeness (QED) is 0.451. The average molecular weight is 289 g/mol. The lowest BCUT2D eigenvalue weighted by molar-refractivity contribution is -0.140. The first kappa shape index (κ1) is 18.2. The Labute approximate surface area is 118 Å². The first-order chi connectivity index (χ1) is 9.29. The van der Waals surface area contributed by atoms with E-state index in [0.29, 0.717) is 13.2 Å². The topological polar surface area (TPSA) is 117 Å². The number of carboxylic acid groups (broad SMARTS) is 1. The van der Waals surface area contributed by atoms with Crippen LogP contribution in [0.4, 0.5) is 4.79 Å². The molecule has 8 heteroatoms. The molecule has 116 valence electrons. The average Bonchev–Trinajstić information content (AvgIpc) is 2.35. The van der Waals surface area contributed by atoms with Gasteiger partial charge in [0.25, 0.3) is 0 Å². The largest absolute Gasteiger partial charge is 0.480 e. The van der Waals surface area contributed by atoms with E-state index in [1.807, 2.05) is 0 Å². The second-order valence-electron chi connectivity index (χ2n) is 4.68. The van der Waals surface area contributed by atoms with Crippen molar-refractivity contribution in [3.8, 4) is 0 Å². The van der Waals surface area contributed by atoms with Crippen molar-refractivity contribution in [3.05, 3.63) is 0 Å². The molecule has 0 radical (unpaired) electrons. The number of carboxylic acids is 1. The molecule has 20 heavy (non-hydrogen) atoms. The summed E-state index contributed by atoms with van der Waals surface area (Å²) in [5.41, 5.74) is 0. The first-order valence-electron chi connectivity index (χ1n) is 6.36. The van der Waals surface area contributed by atoms with Crippen LogP contribution in [0.25, 0.3) is 0 Å². The van der Waals surface area contributed by atoms with Gasteiger partial charge in [-0.25, -0.2) is 9.59 Å². The van der Waals surface area contributed by atoms with Gasteiger partial charge in [0.2, 0.25) is 5.91 Å². The summed E-state index contributed by atoms with van der Waals surface area (Å²) < 4.78 is 4.78. The minimum Gasteiger partial charge on any atom is -0.480 e. The maximum Gasteiger partial charge on any atom is 0.326 e. The Bertz CT molecular complexity index is 346. The molecule has 8 nitrogen and oxygen atoms in total. The number of rotatable bonds is 8. The van der Waals surface area contributed by atoms with Gasteiger partial charge in [-0.05, 0) is 12.8 Å². The molecule has 0 aromatic carbocycles. The van der Waals surface area contributed by atoms with Gasteiger partial charge < -0.3 is 25.8 Å². The van der Waals surface area contributed by atoms with Crippen molar-refractivity contribution < 1.29 is 24.2 Å². The van der Waals surface area contributed by atoms with Crippen molar-refractivity contribution in [3.63, 3.8) is 0 Å². The fourth-order valence-electron chi connectivity index (χ4n) is 1.39. The number of nitrogens with one attached hydrogen (secondary N) is 3. The number of carbonyl (C=O) groups excluding carboxylic acids is 2. The molecule has 2 atom stereocenters. The number of hydrogen-bond acceptors (Lipinski definition) is 4. The fraction of sp³-hybridized carbons (Fsp3) is 0.750. The zero-order valence-electron chi connectivity index (χ0n) is 12.2. The summed E-state index contributed by atoms with van der Waals surface area (Å²) in [5.74, 6) is -1.75. The van der Waals surface area contributed by atoms with Crippen molar-refractivity contribution >= 4 is 17.9 Å². The molecule has 4 N–H and O–H groups in total. The van der Waals surface area contributed by atoms with Crippen LogP contribution in [0, 0.1) is 5.92 Å². The van der Waals surface area contributed by atoms with Crippen LogP contribution < -0.4 is 16.0 Å². The molecule has 0 aromatic heterocycles. The van der Waals surface area contributed by atoms with Crippen molar-refractivity contribution in [1.82, 2.24) is 16.0 Å². The maximum atomic E-state index is 11.6. The monoisotopic (exact) mass is 289 g/mol. The van der Waals surface area contributed by atoms with E-state index < -0.39 is 24.1 Å². The normalized spacial score (nSPS) is 13.4. The number of aliphatic carboxylic acids is 1. The van der Waals surface area contributed by atoms with Crippen LogP contribution in [-0.2, 0) is 14.3 Å². The maximum absolute atomic E-state index is 11.6. The van der Waals surface area contributed by atoms with Crippen molar-refractivity contribution in [1.29, 1.82) is 0 Å². The summed E-state index contributed by atoms with van der Waals surface area (Å²) in [6, 6.07) is -2.47. The molecule has 0 rings (SSSR count). The van der Waals surface area contributed by atoms with Crippen LogP contribution in [0.3, 0.4) is 0 Å². The molecule has 2 unspecified atom stereocenters. The second-order valence-corrected chi connectivity index (χ2v) is 4.68. The van der Waals surface area contributed by atoms with Crippen LogP contribution >= 0.6 is 0 Å². The minimum atomic E-state index is -1.12. The van der Waals surface area contributed by atoms with E-state index in [0.717, 1.165) is 0 Å². The summed E-state index contributed by atoms with van der Waals surface area (Å²) in [7, 11) is 1.51. The molecule has 0 bridgehead atoms. The molecule has 0 aliphatic carbocycles. The summed E-state index contributed by atoms with van der Waals surface area (Å²) in [4.78, 5) is 34.1. The predicted octanol–water partition coefficient (Wildman–Crippen LogP) is -0.454.